The zero-order chi connectivity index (χ0) is 15.6. The van der Waals surface area contributed by atoms with Crippen LogP contribution in [0.5, 0.6) is 0 Å². The van der Waals surface area contributed by atoms with E-state index < -0.39 is 0 Å². The molecule has 1 N–H and O–H groups in total. The highest BCUT2D eigenvalue weighted by molar-refractivity contribution is 6.30. The molecule has 2 aromatic rings. The van der Waals surface area contributed by atoms with Crippen LogP contribution in [0.1, 0.15) is 36.8 Å². The van der Waals surface area contributed by atoms with Crippen molar-refractivity contribution in [3.63, 3.8) is 0 Å². The molecule has 5 heteroatoms. The van der Waals surface area contributed by atoms with Crippen LogP contribution < -0.4 is 5.32 Å². The highest BCUT2D eigenvalue weighted by Crippen LogP contribution is 2.22. The second kappa shape index (κ2) is 6.31. The maximum absolute atomic E-state index is 12.2. The maximum Gasteiger partial charge on any atom is 0.228 e. The van der Waals surface area contributed by atoms with Gasteiger partial charge in [-0.05, 0) is 45.4 Å². The first-order valence-electron chi connectivity index (χ1n) is 6.98. The fraction of sp³-hybridized carbons (Fsp3) is 0.375. The number of rotatable bonds is 4. The van der Waals surface area contributed by atoms with Gasteiger partial charge in [0.15, 0.2) is 0 Å². The molecule has 2 rings (SSSR count). The third-order valence-electron chi connectivity index (χ3n) is 3.33. The molecule has 0 spiro atoms. The molecule has 4 nitrogen and oxygen atoms in total. The van der Waals surface area contributed by atoms with Gasteiger partial charge in [-0.15, -0.1) is 0 Å². The van der Waals surface area contributed by atoms with Crippen LogP contribution in [0.4, 0.5) is 5.69 Å². The minimum atomic E-state index is -0.0632. The van der Waals surface area contributed by atoms with E-state index in [1.54, 1.807) is 12.1 Å². The molecule has 0 saturated carbocycles. The summed E-state index contributed by atoms with van der Waals surface area (Å²) in [5.74, 6) is -0.0632. The molecule has 0 aliphatic heterocycles. The van der Waals surface area contributed by atoms with Crippen molar-refractivity contribution in [3.05, 3.63) is 46.2 Å². The first-order valence-corrected chi connectivity index (χ1v) is 7.36. The standard InChI is InChI=1S/C16H20ClN3O/c1-10(2)20-12(4)16(11(3)19-20)18-15(21)9-13-6-5-7-14(17)8-13/h5-8,10H,9H2,1-4H3,(H,18,21). The van der Waals surface area contributed by atoms with E-state index in [2.05, 4.69) is 24.3 Å². The van der Waals surface area contributed by atoms with Crippen molar-refractivity contribution in [1.82, 2.24) is 9.78 Å². The van der Waals surface area contributed by atoms with Gasteiger partial charge in [-0.3, -0.25) is 9.48 Å². The van der Waals surface area contributed by atoms with Crippen molar-refractivity contribution in [2.45, 2.75) is 40.2 Å². The summed E-state index contributed by atoms with van der Waals surface area (Å²) in [4.78, 5) is 12.2. The highest BCUT2D eigenvalue weighted by atomic mass is 35.5. The van der Waals surface area contributed by atoms with Crippen LogP contribution in [0, 0.1) is 13.8 Å². The fourth-order valence-electron chi connectivity index (χ4n) is 2.36. The molecule has 0 unspecified atom stereocenters. The van der Waals surface area contributed by atoms with Crippen LogP contribution >= 0.6 is 11.6 Å². The molecule has 0 aliphatic rings. The zero-order valence-electron chi connectivity index (χ0n) is 12.8. The van der Waals surface area contributed by atoms with Crippen LogP contribution in [0.2, 0.25) is 5.02 Å². The number of carbonyl (C=O) groups is 1. The van der Waals surface area contributed by atoms with Gasteiger partial charge in [0, 0.05) is 11.1 Å². The van der Waals surface area contributed by atoms with E-state index in [-0.39, 0.29) is 11.9 Å². The molecule has 1 aromatic heterocycles. The van der Waals surface area contributed by atoms with Crippen LogP contribution in [0.25, 0.3) is 0 Å². The number of nitrogens with zero attached hydrogens (tertiary/aromatic N) is 2. The Hall–Kier alpha value is -1.81. The third-order valence-corrected chi connectivity index (χ3v) is 3.57. The van der Waals surface area contributed by atoms with Gasteiger partial charge in [-0.25, -0.2) is 0 Å². The SMILES string of the molecule is Cc1nn(C(C)C)c(C)c1NC(=O)Cc1cccc(Cl)c1. The van der Waals surface area contributed by atoms with Gasteiger partial charge < -0.3 is 5.32 Å². The number of aryl methyl sites for hydroxylation is 1. The quantitative estimate of drug-likeness (QED) is 0.930. The largest absolute Gasteiger partial charge is 0.323 e. The Kier molecular flexibility index (Phi) is 4.68. The summed E-state index contributed by atoms with van der Waals surface area (Å²) in [5.41, 5.74) is 3.50. The molecule has 1 aromatic carbocycles. The van der Waals surface area contributed by atoms with Gasteiger partial charge in [0.1, 0.15) is 0 Å². The number of nitrogens with one attached hydrogen (secondary N) is 1. The Morgan fingerprint density at radius 1 is 1.38 bits per heavy atom. The van der Waals surface area contributed by atoms with Gasteiger partial charge >= 0.3 is 0 Å². The smallest absolute Gasteiger partial charge is 0.228 e. The molecule has 0 fully saturated rings. The van der Waals surface area contributed by atoms with E-state index >= 15 is 0 Å². The Balaban J connectivity index is 2.13. The van der Waals surface area contributed by atoms with Crippen molar-refractivity contribution in [2.75, 3.05) is 5.32 Å². The summed E-state index contributed by atoms with van der Waals surface area (Å²) in [6, 6.07) is 7.60. The van der Waals surface area contributed by atoms with Crippen LogP contribution in [0.15, 0.2) is 24.3 Å². The second-order valence-electron chi connectivity index (χ2n) is 5.44. The average Bonchev–Trinajstić information content (AvgIpc) is 2.67. The molecular weight excluding hydrogens is 286 g/mol. The number of benzene rings is 1. The Bertz CT molecular complexity index is 662. The molecule has 0 atom stereocenters. The van der Waals surface area contributed by atoms with Gasteiger partial charge in [0.2, 0.25) is 5.91 Å². The summed E-state index contributed by atoms with van der Waals surface area (Å²) in [7, 11) is 0. The monoisotopic (exact) mass is 305 g/mol. The molecule has 0 radical (unpaired) electrons. The van der Waals surface area contributed by atoms with Gasteiger partial charge in [0.05, 0.1) is 23.5 Å². The zero-order valence-corrected chi connectivity index (χ0v) is 13.5. The number of anilines is 1. The maximum atomic E-state index is 12.2. The minimum absolute atomic E-state index is 0.0632. The lowest BCUT2D eigenvalue weighted by molar-refractivity contribution is -0.115. The number of amides is 1. The average molecular weight is 306 g/mol. The Morgan fingerprint density at radius 3 is 2.67 bits per heavy atom. The van der Waals surface area contributed by atoms with Crippen molar-refractivity contribution in [1.29, 1.82) is 0 Å². The number of halogens is 1. The number of aromatic nitrogens is 2. The van der Waals surface area contributed by atoms with E-state index in [9.17, 15) is 4.79 Å². The fourth-order valence-corrected chi connectivity index (χ4v) is 2.58. The lowest BCUT2D eigenvalue weighted by atomic mass is 10.1. The predicted octanol–water partition coefficient (Wildman–Crippen LogP) is 3.92. The van der Waals surface area contributed by atoms with Crippen molar-refractivity contribution in [2.24, 2.45) is 0 Å². The molecule has 21 heavy (non-hydrogen) atoms. The molecule has 112 valence electrons. The number of hydrogen-bond acceptors (Lipinski definition) is 2. The van der Waals surface area contributed by atoms with E-state index in [1.165, 1.54) is 0 Å². The van der Waals surface area contributed by atoms with Gasteiger partial charge in [-0.2, -0.15) is 5.10 Å². The summed E-state index contributed by atoms with van der Waals surface area (Å²) >= 11 is 5.93. The summed E-state index contributed by atoms with van der Waals surface area (Å²) in [5, 5.41) is 8.06. The summed E-state index contributed by atoms with van der Waals surface area (Å²) in [6.07, 6.45) is 0.298. The lowest BCUT2D eigenvalue weighted by Gasteiger charge is -2.09. The third kappa shape index (κ3) is 3.64. The lowest BCUT2D eigenvalue weighted by Crippen LogP contribution is -2.15. The molecule has 0 saturated heterocycles. The Morgan fingerprint density at radius 2 is 2.10 bits per heavy atom. The summed E-state index contributed by atoms with van der Waals surface area (Å²) < 4.78 is 1.92. The van der Waals surface area contributed by atoms with Crippen LogP contribution in [-0.2, 0) is 11.2 Å². The predicted molar refractivity (Wildman–Crippen MR) is 85.9 cm³/mol. The summed E-state index contributed by atoms with van der Waals surface area (Å²) in [6.45, 7) is 8.00. The molecule has 1 heterocycles. The normalized spacial score (nSPS) is 11.0. The first-order chi connectivity index (χ1) is 9.88. The first kappa shape index (κ1) is 15.6. The van der Waals surface area contributed by atoms with E-state index in [0.717, 1.165) is 22.6 Å². The highest BCUT2D eigenvalue weighted by Gasteiger charge is 2.15. The Labute approximate surface area is 130 Å². The van der Waals surface area contributed by atoms with Crippen LogP contribution in [-0.4, -0.2) is 15.7 Å². The van der Waals surface area contributed by atoms with E-state index in [1.807, 2.05) is 30.7 Å². The van der Waals surface area contributed by atoms with Gasteiger partial charge in [0.25, 0.3) is 0 Å². The van der Waals surface area contributed by atoms with E-state index in [0.29, 0.717) is 11.4 Å². The van der Waals surface area contributed by atoms with Crippen molar-refractivity contribution >= 4 is 23.2 Å². The molecule has 1 amide bonds. The van der Waals surface area contributed by atoms with Crippen molar-refractivity contribution < 1.29 is 4.79 Å². The second-order valence-corrected chi connectivity index (χ2v) is 5.88. The number of carbonyl (C=O) groups excluding carboxylic acids is 1. The van der Waals surface area contributed by atoms with Crippen molar-refractivity contribution in [3.8, 4) is 0 Å². The van der Waals surface area contributed by atoms with Crippen LogP contribution in [0.3, 0.4) is 0 Å². The van der Waals surface area contributed by atoms with E-state index in [4.69, 9.17) is 11.6 Å². The topological polar surface area (TPSA) is 46.9 Å². The molecular formula is C16H20ClN3O. The number of hydrogen-bond donors (Lipinski definition) is 1. The minimum Gasteiger partial charge on any atom is -0.323 e. The molecule has 0 aliphatic carbocycles. The van der Waals surface area contributed by atoms with Gasteiger partial charge in [-0.1, -0.05) is 23.7 Å². The molecule has 0 bridgehead atoms.